The monoisotopic (exact) mass is 544 g/mol. The summed E-state index contributed by atoms with van der Waals surface area (Å²) >= 11 is 0. The van der Waals surface area contributed by atoms with E-state index in [1.807, 2.05) is 6.20 Å². The molecule has 1 aliphatic heterocycles. The number of hydrogen-bond acceptors (Lipinski definition) is 4. The molecule has 1 aliphatic rings. The fourth-order valence-electron chi connectivity index (χ4n) is 6.06. The molecule has 0 spiro atoms. The Labute approximate surface area is 242 Å². The molecule has 3 heterocycles. The van der Waals surface area contributed by atoms with E-state index in [1.54, 1.807) is 6.33 Å². The van der Waals surface area contributed by atoms with Gasteiger partial charge in [-0.1, -0.05) is 70.7 Å². The highest BCUT2D eigenvalue weighted by Crippen LogP contribution is 2.37. The first-order valence-electron chi connectivity index (χ1n) is 14.9. The van der Waals surface area contributed by atoms with Crippen LogP contribution in [0.2, 0.25) is 0 Å². The van der Waals surface area contributed by atoms with E-state index in [-0.39, 0.29) is 12.1 Å². The summed E-state index contributed by atoms with van der Waals surface area (Å²) in [5.74, 6) is 1.49. The lowest BCUT2D eigenvalue weighted by molar-refractivity contribution is 0.264. The zero-order chi connectivity index (χ0) is 28.5. The number of fused-ring (bicyclic) bond motifs is 2. The maximum absolute atomic E-state index is 5.06. The molecule has 0 radical (unpaired) electrons. The second-order valence-corrected chi connectivity index (χ2v) is 11.4. The predicted octanol–water partition coefficient (Wildman–Crippen LogP) is 8.35. The number of nitrogens with one attached hydrogen (secondary N) is 3. The van der Waals surface area contributed by atoms with E-state index in [0.717, 1.165) is 71.7 Å². The van der Waals surface area contributed by atoms with Gasteiger partial charge in [-0.25, -0.2) is 9.97 Å². The summed E-state index contributed by atoms with van der Waals surface area (Å²) in [5.41, 5.74) is 8.82. The highest BCUT2D eigenvalue weighted by molar-refractivity contribution is 5.91. The zero-order valence-electron chi connectivity index (χ0n) is 24.4. The van der Waals surface area contributed by atoms with Crippen molar-refractivity contribution in [2.24, 2.45) is 5.92 Å². The lowest BCUT2D eigenvalue weighted by atomic mass is 9.95. The van der Waals surface area contributed by atoms with Gasteiger partial charge in [0.2, 0.25) is 0 Å². The molecule has 0 amide bonds. The number of aromatic nitrogens is 4. The third-order valence-electron chi connectivity index (χ3n) is 8.78. The second kappa shape index (κ2) is 11.3. The minimum Gasteiger partial charge on any atom is -0.380 e. The van der Waals surface area contributed by atoms with Crippen LogP contribution in [0.3, 0.4) is 0 Å². The van der Waals surface area contributed by atoms with Crippen molar-refractivity contribution in [3.63, 3.8) is 0 Å². The Morgan fingerprint density at radius 2 is 1.76 bits per heavy atom. The Morgan fingerprint density at radius 1 is 1.02 bits per heavy atom. The normalized spacial score (nSPS) is 16.8. The molecule has 3 atom stereocenters. The maximum atomic E-state index is 5.06. The van der Waals surface area contributed by atoms with Crippen LogP contribution in [-0.2, 0) is 0 Å². The SMILES string of the molecule is C=C(CC)N[C@H](C(=C)N1CCC[C@H]1c1nc2ccc(-c3ccc4cc(-c5cnc[nH]5)ccc4c3)cc2[nH]1)[C@@H](C)CC. The van der Waals surface area contributed by atoms with Crippen LogP contribution in [0, 0.1) is 5.92 Å². The highest BCUT2D eigenvalue weighted by atomic mass is 15.2. The number of benzene rings is 3. The Kier molecular flexibility index (Phi) is 7.39. The second-order valence-electron chi connectivity index (χ2n) is 11.4. The van der Waals surface area contributed by atoms with Gasteiger partial charge in [-0.05, 0) is 71.3 Å². The van der Waals surface area contributed by atoms with E-state index in [2.05, 4.69) is 114 Å². The van der Waals surface area contributed by atoms with Gasteiger partial charge in [0.1, 0.15) is 5.82 Å². The number of imidazole rings is 2. The Balaban J connectivity index is 1.26. The molecule has 1 fully saturated rings. The van der Waals surface area contributed by atoms with Crippen molar-refractivity contribution < 1.29 is 0 Å². The van der Waals surface area contributed by atoms with Gasteiger partial charge in [0.05, 0.1) is 41.3 Å². The fourth-order valence-corrected chi connectivity index (χ4v) is 6.06. The van der Waals surface area contributed by atoms with Gasteiger partial charge in [0.25, 0.3) is 0 Å². The average Bonchev–Trinajstić information content (AvgIpc) is 3.79. The summed E-state index contributed by atoms with van der Waals surface area (Å²) in [6.45, 7) is 16.5. The molecule has 210 valence electrons. The number of nitrogens with zero attached hydrogens (tertiary/aromatic N) is 3. The van der Waals surface area contributed by atoms with Crippen LogP contribution < -0.4 is 5.32 Å². The molecule has 0 saturated carbocycles. The zero-order valence-corrected chi connectivity index (χ0v) is 24.4. The Hall–Kier alpha value is -4.32. The number of allylic oxidation sites excluding steroid dienone is 1. The molecule has 6 nitrogen and oxygen atoms in total. The van der Waals surface area contributed by atoms with Crippen LogP contribution in [0.15, 0.2) is 91.7 Å². The number of rotatable bonds is 10. The number of H-pyrrole nitrogens is 2. The molecule has 2 aromatic heterocycles. The van der Waals surface area contributed by atoms with Crippen molar-refractivity contribution in [2.45, 2.75) is 58.5 Å². The molecule has 41 heavy (non-hydrogen) atoms. The van der Waals surface area contributed by atoms with Crippen molar-refractivity contribution in [2.75, 3.05) is 6.54 Å². The Bertz CT molecular complexity index is 1690. The van der Waals surface area contributed by atoms with Gasteiger partial charge >= 0.3 is 0 Å². The Morgan fingerprint density at radius 3 is 2.49 bits per heavy atom. The number of hydrogen-bond donors (Lipinski definition) is 3. The van der Waals surface area contributed by atoms with E-state index in [0.29, 0.717) is 5.92 Å². The molecule has 1 saturated heterocycles. The molecule has 3 aromatic carbocycles. The predicted molar refractivity (Wildman–Crippen MR) is 170 cm³/mol. The first kappa shape index (κ1) is 26.9. The summed E-state index contributed by atoms with van der Waals surface area (Å²) in [7, 11) is 0. The number of likely N-dealkylation sites (tertiary alicyclic amines) is 1. The summed E-state index contributed by atoms with van der Waals surface area (Å²) in [6, 6.07) is 20.1. The largest absolute Gasteiger partial charge is 0.380 e. The van der Waals surface area contributed by atoms with Crippen molar-refractivity contribution in [1.82, 2.24) is 30.2 Å². The summed E-state index contributed by atoms with van der Waals surface area (Å²) in [6.07, 6.45) is 7.77. The highest BCUT2D eigenvalue weighted by Gasteiger charge is 2.33. The van der Waals surface area contributed by atoms with Crippen LogP contribution in [-0.4, -0.2) is 37.4 Å². The quantitative estimate of drug-likeness (QED) is 0.165. The van der Waals surface area contributed by atoms with Crippen molar-refractivity contribution in [3.8, 4) is 22.4 Å². The molecule has 0 unspecified atom stereocenters. The van der Waals surface area contributed by atoms with Crippen LogP contribution in [0.4, 0.5) is 0 Å². The molecule has 3 N–H and O–H groups in total. The van der Waals surface area contributed by atoms with Gasteiger partial charge in [-0.15, -0.1) is 0 Å². The van der Waals surface area contributed by atoms with Crippen LogP contribution in [0.5, 0.6) is 0 Å². The first-order valence-corrected chi connectivity index (χ1v) is 14.9. The first-order chi connectivity index (χ1) is 19.9. The third kappa shape index (κ3) is 5.26. The van der Waals surface area contributed by atoms with Gasteiger partial charge < -0.3 is 20.2 Å². The smallest absolute Gasteiger partial charge is 0.130 e. The third-order valence-corrected chi connectivity index (χ3v) is 8.78. The molecule has 5 aromatic rings. The maximum Gasteiger partial charge on any atom is 0.130 e. The van der Waals surface area contributed by atoms with Crippen LogP contribution in [0.1, 0.15) is 58.3 Å². The van der Waals surface area contributed by atoms with E-state index in [9.17, 15) is 0 Å². The van der Waals surface area contributed by atoms with Crippen LogP contribution in [0.25, 0.3) is 44.2 Å². The summed E-state index contributed by atoms with van der Waals surface area (Å²) < 4.78 is 0. The van der Waals surface area contributed by atoms with E-state index >= 15 is 0 Å². The number of aromatic amines is 2. The van der Waals surface area contributed by atoms with Gasteiger partial charge in [-0.3, -0.25) is 0 Å². The summed E-state index contributed by atoms with van der Waals surface area (Å²) in [5, 5.41) is 6.09. The standard InChI is InChI=1S/C35H40N6/c1-6-22(3)34(38-23(4)7-2)24(5)41-16-8-9-33(41)35-39-30-15-14-28(19-31(30)40-35)26-10-11-27-18-29(13-12-25(27)17-26)32-20-36-21-37-32/h10-15,17-22,33-34,38H,4-9,16H2,1-3H3,(H,36,37)(H,39,40)/t22-,33-,34-/m0/s1. The molecule has 6 rings (SSSR count). The van der Waals surface area contributed by atoms with Gasteiger partial charge in [-0.2, -0.15) is 0 Å². The molecule has 6 heteroatoms. The lowest BCUT2D eigenvalue weighted by Gasteiger charge is -2.36. The minimum atomic E-state index is 0.174. The minimum absolute atomic E-state index is 0.174. The fraction of sp³-hybridized carbons (Fsp3) is 0.314. The topological polar surface area (TPSA) is 72.6 Å². The molecular formula is C35H40N6. The lowest BCUT2D eigenvalue weighted by Crippen LogP contribution is -2.42. The molecular weight excluding hydrogens is 504 g/mol. The summed E-state index contributed by atoms with van der Waals surface area (Å²) in [4.78, 5) is 18.6. The molecule has 0 aliphatic carbocycles. The average molecular weight is 545 g/mol. The van der Waals surface area contributed by atoms with Crippen molar-refractivity contribution in [1.29, 1.82) is 0 Å². The van der Waals surface area contributed by atoms with Crippen molar-refractivity contribution >= 4 is 21.8 Å². The van der Waals surface area contributed by atoms with Crippen molar-refractivity contribution in [3.05, 3.63) is 97.5 Å². The van der Waals surface area contributed by atoms with E-state index < -0.39 is 0 Å². The van der Waals surface area contributed by atoms with Gasteiger partial charge in [0, 0.05) is 23.5 Å². The molecule has 0 bridgehead atoms. The van der Waals surface area contributed by atoms with E-state index in [4.69, 9.17) is 4.98 Å². The van der Waals surface area contributed by atoms with Crippen LogP contribution >= 0.6 is 0 Å². The van der Waals surface area contributed by atoms with Gasteiger partial charge in [0.15, 0.2) is 0 Å². The van der Waals surface area contributed by atoms with E-state index in [1.165, 1.54) is 21.9 Å².